The maximum Gasteiger partial charge on any atom is 0.180 e. The third-order valence-electron chi connectivity index (χ3n) is 5.22. The van der Waals surface area contributed by atoms with E-state index >= 15 is 0 Å². The maximum absolute atomic E-state index is 5.79. The third kappa shape index (κ3) is 3.22. The molecule has 142 valence electrons. The summed E-state index contributed by atoms with van der Waals surface area (Å²) in [5.41, 5.74) is 12.4. The van der Waals surface area contributed by atoms with Crippen LogP contribution in [-0.2, 0) is 26.1 Å². The summed E-state index contributed by atoms with van der Waals surface area (Å²) in [6.07, 6.45) is 5.03. The first-order valence-corrected chi connectivity index (χ1v) is 9.40. The lowest BCUT2D eigenvalue weighted by Crippen LogP contribution is -2.26. The molecule has 4 heterocycles. The molecule has 4 aromatic rings. The number of pyridine rings is 1. The zero-order valence-corrected chi connectivity index (χ0v) is 15.8. The summed E-state index contributed by atoms with van der Waals surface area (Å²) >= 11 is 0. The largest absolute Gasteiger partial charge is 0.384 e. The summed E-state index contributed by atoms with van der Waals surface area (Å²) in [5.74, 6) is 0.463. The number of hydrogen-bond acceptors (Lipinski definition) is 6. The van der Waals surface area contributed by atoms with Crippen molar-refractivity contribution in [2.45, 2.75) is 26.1 Å². The van der Waals surface area contributed by atoms with E-state index in [1.807, 2.05) is 23.1 Å². The van der Waals surface area contributed by atoms with Crippen molar-refractivity contribution in [1.29, 1.82) is 0 Å². The van der Waals surface area contributed by atoms with E-state index in [0.29, 0.717) is 18.0 Å². The molecule has 0 saturated carbocycles. The Morgan fingerprint density at radius 1 is 1.07 bits per heavy atom. The predicted octanol–water partition coefficient (Wildman–Crippen LogP) is 1.69. The standard InChI is InChI=1S/C20H22N8/c1-26-7-6-16-8-14(2-3-17(16)13-26)10-27-11-15(9-22-27)12-28-20-18(24-25-28)4-5-19(21)23-20/h2-5,8-9,11H,6-7,10,12-13H2,1H3,(H2,21,23). The van der Waals surface area contributed by atoms with Crippen molar-refractivity contribution in [2.75, 3.05) is 19.3 Å². The summed E-state index contributed by atoms with van der Waals surface area (Å²) < 4.78 is 3.72. The number of aromatic nitrogens is 6. The smallest absolute Gasteiger partial charge is 0.180 e. The Hall–Kier alpha value is -3.26. The van der Waals surface area contributed by atoms with Gasteiger partial charge in [-0.3, -0.25) is 4.68 Å². The molecule has 0 radical (unpaired) electrons. The summed E-state index contributed by atoms with van der Waals surface area (Å²) in [5, 5.41) is 12.8. The predicted molar refractivity (Wildman–Crippen MR) is 107 cm³/mol. The number of nitrogens with zero attached hydrogens (tertiary/aromatic N) is 7. The van der Waals surface area contributed by atoms with Gasteiger partial charge in [-0.25, -0.2) is 9.67 Å². The van der Waals surface area contributed by atoms with Gasteiger partial charge in [0, 0.05) is 24.8 Å². The van der Waals surface area contributed by atoms with Crippen LogP contribution < -0.4 is 5.73 Å². The minimum Gasteiger partial charge on any atom is -0.384 e. The molecule has 0 unspecified atom stereocenters. The van der Waals surface area contributed by atoms with E-state index < -0.39 is 0 Å². The van der Waals surface area contributed by atoms with Crippen molar-refractivity contribution in [3.05, 3.63) is 65.0 Å². The number of anilines is 1. The van der Waals surface area contributed by atoms with Crippen LogP contribution in [0.5, 0.6) is 0 Å². The van der Waals surface area contributed by atoms with Crippen molar-refractivity contribution in [1.82, 2.24) is 34.7 Å². The van der Waals surface area contributed by atoms with Crippen LogP contribution in [0.3, 0.4) is 0 Å². The van der Waals surface area contributed by atoms with Crippen LogP contribution in [0.15, 0.2) is 42.7 Å². The van der Waals surface area contributed by atoms with E-state index in [1.54, 1.807) is 10.7 Å². The van der Waals surface area contributed by atoms with E-state index in [4.69, 9.17) is 5.73 Å². The molecule has 1 aromatic carbocycles. The lowest BCUT2D eigenvalue weighted by molar-refractivity contribution is 0.313. The highest BCUT2D eigenvalue weighted by molar-refractivity contribution is 5.71. The summed E-state index contributed by atoms with van der Waals surface area (Å²) in [4.78, 5) is 6.70. The molecular weight excluding hydrogens is 352 g/mol. The summed E-state index contributed by atoms with van der Waals surface area (Å²) in [6.45, 7) is 3.47. The number of likely N-dealkylation sites (N-methyl/N-ethyl adjacent to an activating group) is 1. The van der Waals surface area contributed by atoms with Gasteiger partial charge < -0.3 is 10.6 Å². The Bertz CT molecular complexity index is 1140. The van der Waals surface area contributed by atoms with Crippen LogP contribution in [0.1, 0.15) is 22.3 Å². The van der Waals surface area contributed by atoms with E-state index in [2.05, 4.69) is 50.5 Å². The first-order chi connectivity index (χ1) is 13.6. The number of fused-ring (bicyclic) bond motifs is 2. The van der Waals surface area contributed by atoms with Gasteiger partial charge >= 0.3 is 0 Å². The molecule has 1 aliphatic rings. The second-order valence-electron chi connectivity index (χ2n) is 7.46. The first-order valence-electron chi connectivity index (χ1n) is 9.40. The van der Waals surface area contributed by atoms with Gasteiger partial charge in [0.1, 0.15) is 11.3 Å². The van der Waals surface area contributed by atoms with Gasteiger partial charge in [-0.1, -0.05) is 23.4 Å². The van der Waals surface area contributed by atoms with Crippen LogP contribution in [0.4, 0.5) is 5.82 Å². The van der Waals surface area contributed by atoms with Gasteiger partial charge in [-0.2, -0.15) is 5.10 Å². The Balaban J connectivity index is 1.33. The van der Waals surface area contributed by atoms with Crippen LogP contribution in [0.25, 0.3) is 11.2 Å². The lowest BCUT2D eigenvalue weighted by Gasteiger charge is -2.25. The molecule has 8 nitrogen and oxygen atoms in total. The normalized spacial score (nSPS) is 14.5. The number of benzene rings is 1. The molecular formula is C20H22N8. The third-order valence-corrected chi connectivity index (χ3v) is 5.22. The molecule has 0 atom stereocenters. The van der Waals surface area contributed by atoms with Crippen molar-refractivity contribution in [3.8, 4) is 0 Å². The Morgan fingerprint density at radius 2 is 2.00 bits per heavy atom. The molecule has 0 bridgehead atoms. The molecule has 0 aliphatic carbocycles. The van der Waals surface area contributed by atoms with Gasteiger partial charge in [-0.15, -0.1) is 5.10 Å². The van der Waals surface area contributed by atoms with Gasteiger partial charge in [0.25, 0.3) is 0 Å². The zero-order valence-electron chi connectivity index (χ0n) is 15.8. The molecule has 1 aliphatic heterocycles. The van der Waals surface area contributed by atoms with Gasteiger partial charge in [0.05, 0.1) is 19.3 Å². The molecule has 0 saturated heterocycles. The molecule has 3 aromatic heterocycles. The van der Waals surface area contributed by atoms with Crippen molar-refractivity contribution >= 4 is 17.0 Å². The zero-order chi connectivity index (χ0) is 19.1. The van der Waals surface area contributed by atoms with Gasteiger partial charge in [-0.05, 0) is 42.3 Å². The first kappa shape index (κ1) is 16.9. The molecule has 28 heavy (non-hydrogen) atoms. The van der Waals surface area contributed by atoms with E-state index in [0.717, 1.165) is 37.1 Å². The average molecular weight is 374 g/mol. The number of rotatable bonds is 4. The SMILES string of the molecule is CN1CCc2cc(Cn3cc(Cn4nnc5ccc(N)nc54)cn3)ccc2C1. The quantitative estimate of drug-likeness (QED) is 0.585. The number of hydrogen-bond donors (Lipinski definition) is 1. The summed E-state index contributed by atoms with van der Waals surface area (Å²) in [6, 6.07) is 10.3. The highest BCUT2D eigenvalue weighted by Gasteiger charge is 2.14. The minimum atomic E-state index is 0.463. The Morgan fingerprint density at radius 3 is 2.93 bits per heavy atom. The second kappa shape index (κ2) is 6.72. The fourth-order valence-electron chi connectivity index (χ4n) is 3.75. The maximum atomic E-state index is 5.79. The van der Waals surface area contributed by atoms with Crippen molar-refractivity contribution in [2.24, 2.45) is 0 Å². The van der Waals surface area contributed by atoms with E-state index in [1.165, 1.54) is 16.7 Å². The molecule has 5 rings (SSSR count). The number of nitrogens with two attached hydrogens (primary N) is 1. The van der Waals surface area contributed by atoms with Gasteiger partial charge in [0.2, 0.25) is 0 Å². The molecule has 2 N–H and O–H groups in total. The Labute approximate surface area is 162 Å². The van der Waals surface area contributed by atoms with E-state index in [-0.39, 0.29) is 0 Å². The van der Waals surface area contributed by atoms with Crippen LogP contribution in [0.2, 0.25) is 0 Å². The highest BCUT2D eigenvalue weighted by Crippen LogP contribution is 2.20. The van der Waals surface area contributed by atoms with Crippen molar-refractivity contribution < 1.29 is 0 Å². The topological polar surface area (TPSA) is 90.7 Å². The average Bonchev–Trinajstić information content (AvgIpc) is 3.29. The number of nitrogen functional groups attached to an aromatic ring is 1. The molecule has 0 amide bonds. The molecule has 8 heteroatoms. The second-order valence-corrected chi connectivity index (χ2v) is 7.46. The molecule has 0 fully saturated rings. The van der Waals surface area contributed by atoms with Gasteiger partial charge in [0.15, 0.2) is 5.65 Å². The Kier molecular flexibility index (Phi) is 4.05. The van der Waals surface area contributed by atoms with Crippen LogP contribution in [0, 0.1) is 0 Å². The monoisotopic (exact) mass is 374 g/mol. The van der Waals surface area contributed by atoms with Crippen LogP contribution >= 0.6 is 0 Å². The summed E-state index contributed by atoms with van der Waals surface area (Å²) in [7, 11) is 2.17. The highest BCUT2D eigenvalue weighted by atomic mass is 15.4. The lowest BCUT2D eigenvalue weighted by atomic mass is 9.97. The minimum absolute atomic E-state index is 0.463. The fraction of sp³-hybridized carbons (Fsp3) is 0.300. The molecule has 0 spiro atoms. The van der Waals surface area contributed by atoms with Crippen molar-refractivity contribution in [3.63, 3.8) is 0 Å². The van der Waals surface area contributed by atoms with Crippen LogP contribution in [-0.4, -0.2) is 48.3 Å². The fourth-order valence-corrected chi connectivity index (χ4v) is 3.75. The van der Waals surface area contributed by atoms with E-state index in [9.17, 15) is 0 Å².